The second kappa shape index (κ2) is 8.89. The maximum Gasteiger partial charge on any atom is 0.289 e. The van der Waals surface area contributed by atoms with Crippen molar-refractivity contribution in [1.29, 1.82) is 0 Å². The predicted molar refractivity (Wildman–Crippen MR) is 126 cm³/mol. The lowest BCUT2D eigenvalue weighted by Gasteiger charge is -2.25. The fraction of sp³-hybridized carbons (Fsp3) is 0.375. The number of sulfonamides is 1. The standard InChI is InChI=1S/C24H27ClN2O4S/c1-15-13-19-17(3)21(24(28)27-11-7-4-8-12-27)31-22(19)23(16(15)2)32(29,30)26-14-18-9-5-6-10-20(18)25/h5-6,9-10,13,26H,4,7-8,11-12,14H2,1-3H3. The highest BCUT2D eigenvalue weighted by Crippen LogP contribution is 2.35. The molecule has 0 aliphatic carbocycles. The van der Waals surface area contributed by atoms with Crippen molar-refractivity contribution in [3.05, 3.63) is 63.4 Å². The summed E-state index contributed by atoms with van der Waals surface area (Å²) in [5.41, 5.74) is 2.97. The summed E-state index contributed by atoms with van der Waals surface area (Å²) in [6.45, 7) is 6.86. The molecule has 1 fully saturated rings. The molecule has 8 heteroatoms. The van der Waals surface area contributed by atoms with Gasteiger partial charge in [0.05, 0.1) is 0 Å². The molecule has 6 nitrogen and oxygen atoms in total. The monoisotopic (exact) mass is 474 g/mol. The number of hydrogen-bond acceptors (Lipinski definition) is 4. The number of fused-ring (bicyclic) bond motifs is 1. The van der Waals surface area contributed by atoms with Crippen LogP contribution in [0.3, 0.4) is 0 Å². The number of aryl methyl sites for hydroxylation is 2. The second-order valence-corrected chi connectivity index (χ2v) is 10.5. The summed E-state index contributed by atoms with van der Waals surface area (Å²) in [4.78, 5) is 15.0. The summed E-state index contributed by atoms with van der Waals surface area (Å²) in [6, 6.07) is 8.98. The average Bonchev–Trinajstić information content (AvgIpc) is 3.09. The molecule has 2 heterocycles. The number of benzene rings is 2. The molecule has 170 valence electrons. The van der Waals surface area contributed by atoms with Crippen molar-refractivity contribution in [3.63, 3.8) is 0 Å². The Morgan fingerprint density at radius 3 is 2.47 bits per heavy atom. The lowest BCUT2D eigenvalue weighted by molar-refractivity contribution is 0.0693. The van der Waals surface area contributed by atoms with Crippen LogP contribution in [0, 0.1) is 20.8 Å². The minimum Gasteiger partial charge on any atom is -0.449 e. The molecule has 0 spiro atoms. The zero-order chi connectivity index (χ0) is 23.0. The number of carbonyl (C=O) groups is 1. The van der Waals surface area contributed by atoms with Crippen LogP contribution in [-0.4, -0.2) is 32.3 Å². The van der Waals surface area contributed by atoms with Crippen LogP contribution >= 0.6 is 11.6 Å². The molecule has 1 saturated heterocycles. The Morgan fingerprint density at radius 1 is 1.09 bits per heavy atom. The number of amides is 1. The van der Waals surface area contributed by atoms with Gasteiger partial charge < -0.3 is 9.32 Å². The van der Waals surface area contributed by atoms with Gasteiger partial charge in [0.1, 0.15) is 4.90 Å². The van der Waals surface area contributed by atoms with Gasteiger partial charge in [-0.2, -0.15) is 0 Å². The first-order valence-electron chi connectivity index (χ1n) is 10.8. The topological polar surface area (TPSA) is 79.6 Å². The lowest BCUT2D eigenvalue weighted by Crippen LogP contribution is -2.35. The predicted octanol–water partition coefficient (Wildman–Crippen LogP) is 5.12. The number of likely N-dealkylation sites (tertiary alicyclic amines) is 1. The van der Waals surface area contributed by atoms with Crippen LogP contribution in [0.25, 0.3) is 11.0 Å². The molecule has 0 saturated carbocycles. The summed E-state index contributed by atoms with van der Waals surface area (Å²) in [6.07, 6.45) is 3.05. The highest BCUT2D eigenvalue weighted by Gasteiger charge is 2.30. The molecule has 0 bridgehead atoms. The molecular formula is C24H27ClN2O4S. The first kappa shape index (κ1) is 22.8. The number of carbonyl (C=O) groups excluding carboxylic acids is 1. The summed E-state index contributed by atoms with van der Waals surface area (Å²) < 4.78 is 35.4. The summed E-state index contributed by atoms with van der Waals surface area (Å²) in [5, 5.41) is 1.14. The molecule has 4 rings (SSSR count). The first-order valence-corrected chi connectivity index (χ1v) is 12.6. The quantitative estimate of drug-likeness (QED) is 0.556. The van der Waals surface area contributed by atoms with Crippen molar-refractivity contribution in [3.8, 4) is 0 Å². The molecule has 1 N–H and O–H groups in total. The number of piperidine rings is 1. The van der Waals surface area contributed by atoms with E-state index in [0.717, 1.165) is 24.8 Å². The molecule has 0 atom stereocenters. The Balaban J connectivity index is 1.77. The van der Waals surface area contributed by atoms with Crippen LogP contribution < -0.4 is 4.72 Å². The third-order valence-corrected chi connectivity index (χ3v) is 8.13. The van der Waals surface area contributed by atoms with E-state index >= 15 is 0 Å². The number of furan rings is 1. The number of nitrogens with zero attached hydrogens (tertiary/aromatic N) is 1. The fourth-order valence-corrected chi connectivity index (χ4v) is 5.85. The molecule has 0 radical (unpaired) electrons. The number of halogens is 1. The first-order chi connectivity index (χ1) is 15.2. The van der Waals surface area contributed by atoms with Gasteiger partial charge in [-0.3, -0.25) is 4.79 Å². The minimum absolute atomic E-state index is 0.0517. The van der Waals surface area contributed by atoms with E-state index in [1.165, 1.54) is 0 Å². The second-order valence-electron chi connectivity index (χ2n) is 8.35. The summed E-state index contributed by atoms with van der Waals surface area (Å²) in [5.74, 6) is 0.0375. The van der Waals surface area contributed by atoms with Gasteiger partial charge in [0.25, 0.3) is 5.91 Å². The number of rotatable bonds is 5. The van der Waals surface area contributed by atoms with E-state index in [9.17, 15) is 13.2 Å². The van der Waals surface area contributed by atoms with Crippen molar-refractivity contribution in [1.82, 2.24) is 9.62 Å². The van der Waals surface area contributed by atoms with Gasteiger partial charge in [-0.1, -0.05) is 29.8 Å². The zero-order valence-electron chi connectivity index (χ0n) is 18.5. The van der Waals surface area contributed by atoms with Crippen molar-refractivity contribution >= 4 is 38.5 Å². The molecule has 2 aromatic carbocycles. The van der Waals surface area contributed by atoms with Gasteiger partial charge in [0.15, 0.2) is 11.3 Å². The Hall–Kier alpha value is -2.35. The van der Waals surface area contributed by atoms with Crippen molar-refractivity contribution in [2.24, 2.45) is 0 Å². The largest absolute Gasteiger partial charge is 0.449 e. The Labute approximate surface area is 193 Å². The van der Waals surface area contributed by atoms with Crippen LogP contribution in [-0.2, 0) is 16.6 Å². The van der Waals surface area contributed by atoms with Crippen LogP contribution in [0.5, 0.6) is 0 Å². The molecule has 0 unspecified atom stereocenters. The van der Waals surface area contributed by atoms with Gasteiger partial charge in [-0.15, -0.1) is 0 Å². The van der Waals surface area contributed by atoms with Crippen LogP contribution in [0.4, 0.5) is 0 Å². The number of hydrogen-bond donors (Lipinski definition) is 1. The Morgan fingerprint density at radius 2 is 1.78 bits per heavy atom. The highest BCUT2D eigenvalue weighted by atomic mass is 35.5. The van der Waals surface area contributed by atoms with Gasteiger partial charge >= 0.3 is 0 Å². The fourth-order valence-electron chi connectivity index (χ4n) is 4.20. The Kier molecular flexibility index (Phi) is 6.34. The van der Waals surface area contributed by atoms with Gasteiger partial charge in [0.2, 0.25) is 10.0 Å². The van der Waals surface area contributed by atoms with Crippen LogP contribution in [0.1, 0.15) is 52.1 Å². The highest BCUT2D eigenvalue weighted by molar-refractivity contribution is 7.89. The van der Waals surface area contributed by atoms with E-state index < -0.39 is 10.0 Å². The van der Waals surface area contributed by atoms with Gasteiger partial charge in [-0.05, 0) is 68.9 Å². The smallest absolute Gasteiger partial charge is 0.289 e. The van der Waals surface area contributed by atoms with E-state index in [2.05, 4.69) is 4.72 Å². The average molecular weight is 475 g/mol. The minimum atomic E-state index is -3.94. The van der Waals surface area contributed by atoms with E-state index in [4.69, 9.17) is 16.0 Å². The Bertz CT molecular complexity index is 1290. The van der Waals surface area contributed by atoms with E-state index in [1.807, 2.05) is 19.9 Å². The van der Waals surface area contributed by atoms with E-state index in [-0.39, 0.29) is 28.7 Å². The van der Waals surface area contributed by atoms with Gasteiger partial charge in [-0.25, -0.2) is 13.1 Å². The van der Waals surface area contributed by atoms with E-state index in [1.54, 1.807) is 36.1 Å². The lowest BCUT2D eigenvalue weighted by atomic mass is 10.0. The van der Waals surface area contributed by atoms with Gasteiger partial charge in [0, 0.05) is 35.6 Å². The maximum absolute atomic E-state index is 13.4. The third-order valence-electron chi connectivity index (χ3n) is 6.21. The SMILES string of the molecule is Cc1cc2c(C)c(C(=O)N3CCCCC3)oc2c(S(=O)(=O)NCc2ccccc2Cl)c1C. The van der Waals surface area contributed by atoms with Crippen molar-refractivity contribution in [2.75, 3.05) is 13.1 Å². The van der Waals surface area contributed by atoms with Crippen LogP contribution in [0.2, 0.25) is 5.02 Å². The van der Waals surface area contributed by atoms with Crippen molar-refractivity contribution < 1.29 is 17.6 Å². The maximum atomic E-state index is 13.4. The molecule has 1 aromatic heterocycles. The number of nitrogens with one attached hydrogen (secondary N) is 1. The van der Waals surface area contributed by atoms with Crippen LogP contribution in [0.15, 0.2) is 39.6 Å². The summed E-state index contributed by atoms with van der Waals surface area (Å²) >= 11 is 6.19. The molecule has 3 aromatic rings. The third kappa shape index (κ3) is 4.17. The van der Waals surface area contributed by atoms with Crippen molar-refractivity contribution in [2.45, 2.75) is 51.5 Å². The molecule has 1 aliphatic rings. The van der Waals surface area contributed by atoms with E-state index in [0.29, 0.717) is 40.2 Å². The zero-order valence-corrected chi connectivity index (χ0v) is 20.1. The molecular weight excluding hydrogens is 448 g/mol. The molecule has 1 aliphatic heterocycles. The molecule has 1 amide bonds. The summed E-state index contributed by atoms with van der Waals surface area (Å²) in [7, 11) is -3.94. The normalized spacial score (nSPS) is 14.8. The molecule has 32 heavy (non-hydrogen) atoms.